The van der Waals surface area contributed by atoms with E-state index < -0.39 is 0 Å². The van der Waals surface area contributed by atoms with Crippen molar-refractivity contribution in [3.8, 4) is 0 Å². The molecule has 0 bridgehead atoms. The number of anilines is 2. The minimum absolute atomic E-state index is 0.632. The van der Waals surface area contributed by atoms with Gasteiger partial charge >= 0.3 is 0 Å². The summed E-state index contributed by atoms with van der Waals surface area (Å²) in [5.41, 5.74) is 3.77. The summed E-state index contributed by atoms with van der Waals surface area (Å²) in [4.78, 5) is 8.78. The third kappa shape index (κ3) is 3.92. The van der Waals surface area contributed by atoms with Crippen LogP contribution in [0, 0.1) is 0 Å². The molecule has 2 rings (SSSR count). The fraction of sp³-hybridized carbons (Fsp3) is 0.462. The molecule has 2 heterocycles. The Hall–Kier alpha value is -2.15. The number of hydrogen-bond donors (Lipinski definition) is 3. The van der Waals surface area contributed by atoms with Gasteiger partial charge < -0.3 is 10.7 Å². The number of aryl methyl sites for hydroxylation is 2. The smallest absolute Gasteiger partial charge is 0.145 e. The van der Waals surface area contributed by atoms with Gasteiger partial charge in [-0.15, -0.1) is 0 Å². The normalized spacial score (nSPS) is 10.6. The Kier molecular flexibility index (Phi) is 4.89. The quantitative estimate of drug-likeness (QED) is 0.517. The Morgan fingerprint density at radius 2 is 2.05 bits per heavy atom. The zero-order chi connectivity index (χ0) is 14.4. The minimum atomic E-state index is 0.632. The van der Waals surface area contributed by atoms with Crippen LogP contribution in [0.1, 0.15) is 24.7 Å². The molecule has 0 saturated carbocycles. The van der Waals surface area contributed by atoms with Gasteiger partial charge in [0.05, 0.1) is 6.20 Å². The lowest BCUT2D eigenvalue weighted by atomic mass is 10.2. The zero-order valence-electron chi connectivity index (χ0n) is 11.9. The van der Waals surface area contributed by atoms with E-state index in [-0.39, 0.29) is 0 Å². The predicted molar refractivity (Wildman–Crippen MR) is 79.2 cm³/mol. The summed E-state index contributed by atoms with van der Waals surface area (Å²) >= 11 is 0. The summed E-state index contributed by atoms with van der Waals surface area (Å²) in [5, 5.41) is 7.44. The lowest BCUT2D eigenvalue weighted by Gasteiger charge is -2.09. The molecule has 20 heavy (non-hydrogen) atoms. The first-order valence-electron chi connectivity index (χ1n) is 6.77. The highest BCUT2D eigenvalue weighted by atomic mass is 15.3. The monoisotopic (exact) mass is 275 g/mol. The maximum atomic E-state index is 5.43. The number of nitrogen functional groups attached to an aromatic ring is 1. The van der Waals surface area contributed by atoms with Crippen molar-refractivity contribution in [1.82, 2.24) is 19.7 Å². The fourth-order valence-corrected chi connectivity index (χ4v) is 1.93. The molecule has 4 N–H and O–H groups in total. The average Bonchev–Trinajstić information content (AvgIpc) is 2.84. The number of rotatable bonds is 7. The van der Waals surface area contributed by atoms with E-state index in [1.165, 1.54) is 5.56 Å². The molecule has 0 aliphatic carbocycles. The Morgan fingerprint density at radius 3 is 2.70 bits per heavy atom. The van der Waals surface area contributed by atoms with Gasteiger partial charge in [0.25, 0.3) is 0 Å². The van der Waals surface area contributed by atoms with Gasteiger partial charge in [0.2, 0.25) is 0 Å². The number of nitrogens with zero attached hydrogens (tertiary/aromatic N) is 4. The van der Waals surface area contributed by atoms with Crippen molar-refractivity contribution in [3.63, 3.8) is 0 Å². The molecule has 0 spiro atoms. The van der Waals surface area contributed by atoms with Crippen molar-refractivity contribution >= 4 is 11.6 Å². The van der Waals surface area contributed by atoms with Crippen LogP contribution >= 0.6 is 0 Å². The van der Waals surface area contributed by atoms with Gasteiger partial charge in [0, 0.05) is 32.3 Å². The van der Waals surface area contributed by atoms with Crippen molar-refractivity contribution in [2.24, 2.45) is 12.9 Å². The molecule has 0 atom stereocenters. The molecule has 0 amide bonds. The van der Waals surface area contributed by atoms with Crippen molar-refractivity contribution in [3.05, 3.63) is 29.8 Å². The summed E-state index contributed by atoms with van der Waals surface area (Å²) in [5.74, 6) is 7.65. The van der Waals surface area contributed by atoms with Gasteiger partial charge in [-0.25, -0.2) is 15.8 Å². The second-order valence-electron chi connectivity index (χ2n) is 4.65. The standard InChI is InChI=1S/C13H21N7/c1-3-4-11-17-12(7-13(18-11)19-14)15-6-5-10-8-16-20(2)9-10/h7-9H,3-6,14H2,1-2H3,(H2,15,17,18,19). The van der Waals surface area contributed by atoms with Crippen LogP contribution in [0.15, 0.2) is 18.5 Å². The maximum Gasteiger partial charge on any atom is 0.145 e. The van der Waals surface area contributed by atoms with Crippen LogP contribution in [0.4, 0.5) is 11.6 Å². The summed E-state index contributed by atoms with van der Waals surface area (Å²) in [6.07, 6.45) is 6.62. The molecule has 0 fully saturated rings. The van der Waals surface area contributed by atoms with E-state index in [0.717, 1.165) is 37.4 Å². The molecular weight excluding hydrogens is 254 g/mol. The Balaban J connectivity index is 1.95. The molecule has 0 aromatic carbocycles. The van der Waals surface area contributed by atoms with Crippen molar-refractivity contribution in [2.75, 3.05) is 17.3 Å². The van der Waals surface area contributed by atoms with Crippen LogP contribution in [0.25, 0.3) is 0 Å². The molecule has 2 aromatic rings. The highest BCUT2D eigenvalue weighted by Gasteiger charge is 2.03. The number of hydrazine groups is 1. The van der Waals surface area contributed by atoms with Crippen molar-refractivity contribution in [2.45, 2.75) is 26.2 Å². The molecule has 0 aliphatic heterocycles. The lowest BCUT2D eigenvalue weighted by Crippen LogP contribution is -2.13. The van der Waals surface area contributed by atoms with Crippen LogP contribution in [0.2, 0.25) is 0 Å². The van der Waals surface area contributed by atoms with Gasteiger partial charge in [-0.3, -0.25) is 4.68 Å². The molecule has 7 heteroatoms. The molecule has 0 unspecified atom stereocenters. The van der Waals surface area contributed by atoms with E-state index in [4.69, 9.17) is 5.84 Å². The van der Waals surface area contributed by atoms with Crippen LogP contribution in [0.3, 0.4) is 0 Å². The Labute approximate surface area is 118 Å². The summed E-state index contributed by atoms with van der Waals surface area (Å²) < 4.78 is 1.80. The Bertz CT molecular complexity index is 549. The van der Waals surface area contributed by atoms with Gasteiger partial charge in [-0.1, -0.05) is 6.92 Å². The summed E-state index contributed by atoms with van der Waals surface area (Å²) in [6, 6.07) is 1.81. The second kappa shape index (κ2) is 6.85. The number of hydrogen-bond acceptors (Lipinski definition) is 6. The van der Waals surface area contributed by atoms with Gasteiger partial charge in [0.1, 0.15) is 17.5 Å². The molecule has 2 aromatic heterocycles. The van der Waals surface area contributed by atoms with E-state index in [1.54, 1.807) is 4.68 Å². The largest absolute Gasteiger partial charge is 0.370 e. The molecule has 0 radical (unpaired) electrons. The van der Waals surface area contributed by atoms with Gasteiger partial charge in [0.15, 0.2) is 0 Å². The van der Waals surface area contributed by atoms with E-state index in [0.29, 0.717) is 5.82 Å². The Morgan fingerprint density at radius 1 is 1.25 bits per heavy atom. The molecular formula is C13H21N7. The van der Waals surface area contributed by atoms with E-state index in [2.05, 4.69) is 32.7 Å². The third-order valence-electron chi connectivity index (χ3n) is 2.87. The first kappa shape index (κ1) is 14.3. The highest BCUT2D eigenvalue weighted by Crippen LogP contribution is 2.11. The summed E-state index contributed by atoms with van der Waals surface area (Å²) in [6.45, 7) is 2.89. The van der Waals surface area contributed by atoms with Crippen LogP contribution in [-0.2, 0) is 19.9 Å². The first-order chi connectivity index (χ1) is 9.71. The zero-order valence-corrected chi connectivity index (χ0v) is 11.9. The molecule has 0 saturated heterocycles. The molecule has 108 valence electrons. The van der Waals surface area contributed by atoms with Crippen LogP contribution in [-0.4, -0.2) is 26.3 Å². The predicted octanol–water partition coefficient (Wildman–Crippen LogP) is 1.10. The average molecular weight is 275 g/mol. The van der Waals surface area contributed by atoms with Gasteiger partial charge in [-0.05, 0) is 18.4 Å². The molecule has 7 nitrogen and oxygen atoms in total. The van der Waals surface area contributed by atoms with Crippen LogP contribution < -0.4 is 16.6 Å². The molecule has 0 aliphatic rings. The first-order valence-corrected chi connectivity index (χ1v) is 6.77. The SMILES string of the molecule is CCCc1nc(NN)cc(NCCc2cnn(C)c2)n1. The van der Waals surface area contributed by atoms with Crippen LogP contribution in [0.5, 0.6) is 0 Å². The third-order valence-corrected chi connectivity index (χ3v) is 2.87. The van der Waals surface area contributed by atoms with E-state index >= 15 is 0 Å². The highest BCUT2D eigenvalue weighted by molar-refractivity contribution is 5.46. The second-order valence-corrected chi connectivity index (χ2v) is 4.65. The fourth-order valence-electron chi connectivity index (χ4n) is 1.93. The lowest BCUT2D eigenvalue weighted by molar-refractivity contribution is 0.766. The number of nitrogens with one attached hydrogen (secondary N) is 2. The van der Waals surface area contributed by atoms with Gasteiger partial charge in [-0.2, -0.15) is 5.10 Å². The number of aromatic nitrogens is 4. The minimum Gasteiger partial charge on any atom is -0.370 e. The van der Waals surface area contributed by atoms with E-state index in [1.807, 2.05) is 25.5 Å². The maximum absolute atomic E-state index is 5.43. The number of nitrogens with two attached hydrogens (primary N) is 1. The van der Waals surface area contributed by atoms with Crippen molar-refractivity contribution in [1.29, 1.82) is 0 Å². The summed E-state index contributed by atoms with van der Waals surface area (Å²) in [7, 11) is 1.91. The van der Waals surface area contributed by atoms with E-state index in [9.17, 15) is 0 Å². The van der Waals surface area contributed by atoms with Crippen molar-refractivity contribution < 1.29 is 0 Å². The topological polar surface area (TPSA) is 93.7 Å².